The van der Waals surface area contributed by atoms with Crippen LogP contribution < -0.4 is 0 Å². The quantitative estimate of drug-likeness (QED) is 0.733. The summed E-state index contributed by atoms with van der Waals surface area (Å²) >= 11 is 0. The molecule has 17 heavy (non-hydrogen) atoms. The highest BCUT2D eigenvalue weighted by Crippen LogP contribution is 2.52. The summed E-state index contributed by atoms with van der Waals surface area (Å²) in [4.78, 5) is 0. The van der Waals surface area contributed by atoms with Gasteiger partial charge in [-0.3, -0.25) is 0 Å². The van der Waals surface area contributed by atoms with Crippen LogP contribution in [0.2, 0.25) is 0 Å². The lowest BCUT2D eigenvalue weighted by Crippen LogP contribution is -2.62. The molecule has 0 atom stereocenters. The summed E-state index contributed by atoms with van der Waals surface area (Å²) < 4.78 is 99.3. The van der Waals surface area contributed by atoms with Crippen LogP contribution in [0.4, 0.5) is 35.1 Å². The average molecular weight is 274 g/mol. The van der Waals surface area contributed by atoms with Crippen molar-refractivity contribution in [2.24, 2.45) is 0 Å². The van der Waals surface area contributed by atoms with Crippen LogP contribution in [0.1, 0.15) is 26.2 Å². The minimum absolute atomic E-state index is 0.00718. The van der Waals surface area contributed by atoms with E-state index in [9.17, 15) is 35.1 Å². The number of hydrogen-bond donors (Lipinski definition) is 1. The van der Waals surface area contributed by atoms with Crippen LogP contribution >= 0.6 is 0 Å². The Bertz CT molecular complexity index is 257. The Hall–Kier alpha value is -0.600. The van der Waals surface area contributed by atoms with Crippen molar-refractivity contribution in [1.29, 1.82) is 0 Å². The van der Waals surface area contributed by atoms with Gasteiger partial charge in [-0.15, -0.1) is 0 Å². The van der Waals surface area contributed by atoms with Crippen molar-refractivity contribution in [3.05, 3.63) is 0 Å². The van der Waals surface area contributed by atoms with Gasteiger partial charge in [0, 0.05) is 6.42 Å². The second-order valence-electron chi connectivity index (χ2n) is 3.50. The largest absolute Gasteiger partial charge is 0.423 e. The number of rotatable bonds is 6. The van der Waals surface area contributed by atoms with Crippen LogP contribution in [0.5, 0.6) is 0 Å². The predicted molar refractivity (Wildman–Crippen MR) is 41.5 cm³/mol. The summed E-state index contributed by atoms with van der Waals surface area (Å²) in [5.41, 5.74) is 0. The maximum Gasteiger partial charge on any atom is 0.423 e. The molecule has 0 aromatic rings. The SMILES string of the molecule is CCCCC(F)(F)C(F)(F)C(F)(F)C(O)(F)F. The van der Waals surface area contributed by atoms with Crippen molar-refractivity contribution in [3.63, 3.8) is 0 Å². The minimum Gasteiger partial charge on any atom is -0.331 e. The van der Waals surface area contributed by atoms with Gasteiger partial charge in [0.15, 0.2) is 0 Å². The van der Waals surface area contributed by atoms with Crippen molar-refractivity contribution < 1.29 is 40.2 Å². The van der Waals surface area contributed by atoms with Gasteiger partial charge in [0.05, 0.1) is 0 Å². The summed E-state index contributed by atoms with van der Waals surface area (Å²) in [5, 5.41) is 7.57. The normalized spacial score (nSPS) is 15.2. The number of alkyl halides is 8. The number of aliphatic hydroxyl groups is 1. The Kier molecular flexibility index (Phi) is 4.42. The molecule has 0 heterocycles. The van der Waals surface area contributed by atoms with Crippen molar-refractivity contribution >= 4 is 0 Å². The monoisotopic (exact) mass is 274 g/mol. The lowest BCUT2D eigenvalue weighted by atomic mass is 9.99. The molecule has 0 aromatic heterocycles. The van der Waals surface area contributed by atoms with Crippen molar-refractivity contribution in [2.45, 2.75) is 50.1 Å². The average Bonchev–Trinajstić information content (AvgIpc) is 2.12. The maximum atomic E-state index is 12.7. The summed E-state index contributed by atoms with van der Waals surface area (Å²) in [5.74, 6) is -18.2. The Balaban J connectivity index is 5.24. The standard InChI is InChI=1S/C8H10F8O/c1-2-3-4-5(9,10)6(11,12)7(13,14)8(15,16)17/h17H,2-4H2,1H3. The third-order valence-electron chi connectivity index (χ3n) is 2.08. The summed E-state index contributed by atoms with van der Waals surface area (Å²) in [6, 6.07) is 0. The maximum absolute atomic E-state index is 12.7. The molecule has 0 rings (SSSR count). The summed E-state index contributed by atoms with van der Waals surface area (Å²) in [7, 11) is 0. The van der Waals surface area contributed by atoms with Crippen molar-refractivity contribution in [3.8, 4) is 0 Å². The van der Waals surface area contributed by atoms with E-state index < -0.39 is 36.7 Å². The van der Waals surface area contributed by atoms with Gasteiger partial charge >= 0.3 is 23.9 Å². The molecule has 9 heteroatoms. The molecule has 0 aliphatic carbocycles. The van der Waals surface area contributed by atoms with E-state index in [0.717, 1.165) is 0 Å². The second-order valence-corrected chi connectivity index (χ2v) is 3.50. The van der Waals surface area contributed by atoms with E-state index in [-0.39, 0.29) is 6.42 Å². The van der Waals surface area contributed by atoms with Crippen molar-refractivity contribution in [2.75, 3.05) is 0 Å². The molecule has 0 saturated carbocycles. The fourth-order valence-electron chi connectivity index (χ4n) is 0.974. The van der Waals surface area contributed by atoms with Gasteiger partial charge in [-0.25, -0.2) is 0 Å². The van der Waals surface area contributed by atoms with Crippen LogP contribution in [0, 0.1) is 0 Å². The highest BCUT2D eigenvalue weighted by molar-refractivity contribution is 4.99. The fourth-order valence-corrected chi connectivity index (χ4v) is 0.974. The zero-order valence-electron chi connectivity index (χ0n) is 8.59. The van der Waals surface area contributed by atoms with E-state index in [1.807, 2.05) is 0 Å². The molecule has 0 aliphatic rings. The molecule has 0 amide bonds. The molecular weight excluding hydrogens is 264 g/mol. The van der Waals surface area contributed by atoms with Gasteiger partial charge < -0.3 is 5.11 Å². The molecule has 0 aromatic carbocycles. The second kappa shape index (κ2) is 4.58. The van der Waals surface area contributed by atoms with Crippen LogP contribution in [-0.4, -0.2) is 29.0 Å². The first kappa shape index (κ1) is 16.4. The lowest BCUT2D eigenvalue weighted by Gasteiger charge is -2.34. The number of unbranched alkanes of at least 4 members (excludes halogenated alkanes) is 1. The molecule has 1 nitrogen and oxygen atoms in total. The van der Waals surface area contributed by atoms with Gasteiger partial charge in [-0.2, -0.15) is 35.1 Å². The van der Waals surface area contributed by atoms with Crippen LogP contribution in [0.25, 0.3) is 0 Å². The Labute approximate surface area is 91.4 Å². The van der Waals surface area contributed by atoms with Crippen LogP contribution in [0.15, 0.2) is 0 Å². The summed E-state index contributed by atoms with van der Waals surface area (Å²) in [6.07, 6.45) is -8.46. The number of hydrogen-bond acceptors (Lipinski definition) is 1. The van der Waals surface area contributed by atoms with Gasteiger partial charge in [0.25, 0.3) is 0 Å². The topological polar surface area (TPSA) is 20.2 Å². The molecule has 1 N–H and O–H groups in total. The molecular formula is C8H10F8O. The highest BCUT2D eigenvalue weighted by Gasteiger charge is 2.80. The van der Waals surface area contributed by atoms with E-state index in [0.29, 0.717) is 0 Å². The molecule has 0 radical (unpaired) electrons. The van der Waals surface area contributed by atoms with Gasteiger partial charge in [-0.1, -0.05) is 13.3 Å². The zero-order valence-corrected chi connectivity index (χ0v) is 8.59. The summed E-state index contributed by atoms with van der Waals surface area (Å²) in [6.45, 7) is 1.33. The van der Waals surface area contributed by atoms with E-state index in [1.54, 1.807) is 0 Å². The Morgan fingerprint density at radius 1 is 0.824 bits per heavy atom. The highest BCUT2D eigenvalue weighted by atomic mass is 19.4. The molecule has 0 aliphatic heterocycles. The van der Waals surface area contributed by atoms with Crippen LogP contribution in [-0.2, 0) is 0 Å². The predicted octanol–water partition coefficient (Wildman–Crippen LogP) is 3.67. The Morgan fingerprint density at radius 3 is 1.53 bits per heavy atom. The fraction of sp³-hybridized carbons (Fsp3) is 1.00. The molecule has 0 fully saturated rings. The first-order valence-corrected chi connectivity index (χ1v) is 4.55. The third kappa shape index (κ3) is 2.80. The third-order valence-corrected chi connectivity index (χ3v) is 2.08. The molecule has 0 bridgehead atoms. The zero-order chi connectivity index (χ0) is 14.1. The van der Waals surface area contributed by atoms with Crippen molar-refractivity contribution in [1.82, 2.24) is 0 Å². The van der Waals surface area contributed by atoms with E-state index in [2.05, 4.69) is 0 Å². The van der Waals surface area contributed by atoms with E-state index in [1.165, 1.54) is 6.92 Å². The molecule has 0 saturated heterocycles. The Morgan fingerprint density at radius 2 is 1.24 bits per heavy atom. The molecule has 0 spiro atoms. The number of halogens is 8. The first-order valence-electron chi connectivity index (χ1n) is 4.55. The van der Waals surface area contributed by atoms with Gasteiger partial charge in [-0.05, 0) is 6.42 Å². The minimum atomic E-state index is -6.54. The van der Waals surface area contributed by atoms with E-state index >= 15 is 0 Å². The van der Waals surface area contributed by atoms with Gasteiger partial charge in [0.1, 0.15) is 0 Å². The smallest absolute Gasteiger partial charge is 0.331 e. The molecule has 0 unspecified atom stereocenters. The molecule has 104 valence electrons. The van der Waals surface area contributed by atoms with E-state index in [4.69, 9.17) is 5.11 Å². The lowest BCUT2D eigenvalue weighted by molar-refractivity contribution is -0.417. The van der Waals surface area contributed by atoms with Gasteiger partial charge in [0.2, 0.25) is 0 Å². The first-order chi connectivity index (χ1) is 7.31. The van der Waals surface area contributed by atoms with Crippen LogP contribution in [0.3, 0.4) is 0 Å².